The lowest BCUT2D eigenvalue weighted by atomic mass is 9.95. The highest BCUT2D eigenvalue weighted by Gasteiger charge is 2.25. The van der Waals surface area contributed by atoms with Crippen molar-refractivity contribution >= 4 is 22.6 Å². The maximum absolute atomic E-state index is 13.9. The Bertz CT molecular complexity index is 1220. The van der Waals surface area contributed by atoms with Gasteiger partial charge in [-0.2, -0.15) is 4.39 Å². The number of anilines is 1. The Morgan fingerprint density at radius 3 is 2.44 bits per heavy atom. The second-order valence-electron chi connectivity index (χ2n) is 8.55. The van der Waals surface area contributed by atoms with Gasteiger partial charge in [0.1, 0.15) is 23.6 Å². The highest BCUT2D eigenvalue weighted by molar-refractivity contribution is 6.05. The van der Waals surface area contributed by atoms with Crippen LogP contribution < -0.4 is 21.4 Å². The summed E-state index contributed by atoms with van der Waals surface area (Å²) < 4.78 is 50.0. The zero-order valence-electron chi connectivity index (χ0n) is 19.2. The van der Waals surface area contributed by atoms with E-state index in [9.17, 15) is 22.8 Å². The number of hydrogen-bond donors (Lipinski definition) is 2. The third-order valence-corrected chi connectivity index (χ3v) is 5.27. The van der Waals surface area contributed by atoms with Gasteiger partial charge in [-0.15, -0.1) is 0 Å². The van der Waals surface area contributed by atoms with Crippen LogP contribution in [0, 0.1) is 0 Å². The van der Waals surface area contributed by atoms with Crippen molar-refractivity contribution in [1.82, 2.24) is 0 Å². The Hall–Kier alpha value is -3.33. The smallest absolute Gasteiger partial charge is 0.349 e. The van der Waals surface area contributed by atoms with Crippen LogP contribution in [0.5, 0.6) is 5.75 Å². The second-order valence-corrected chi connectivity index (χ2v) is 8.55. The molecular weight excluding hydrogens is 449 g/mol. The first-order valence-electron chi connectivity index (χ1n) is 10.9. The van der Waals surface area contributed by atoms with Crippen LogP contribution in [0.2, 0.25) is 0 Å². The van der Waals surface area contributed by atoms with Crippen LogP contribution in [0.1, 0.15) is 48.7 Å². The molecular formula is C25H27F3N2O4. The number of fused-ring (bicyclic) bond motifs is 1. The van der Waals surface area contributed by atoms with Crippen molar-refractivity contribution < 1.29 is 27.1 Å². The van der Waals surface area contributed by atoms with Crippen molar-refractivity contribution in [3.63, 3.8) is 0 Å². The Balaban J connectivity index is 1.93. The predicted molar refractivity (Wildman–Crippen MR) is 124 cm³/mol. The van der Waals surface area contributed by atoms with Gasteiger partial charge in [0.05, 0.1) is 0 Å². The maximum atomic E-state index is 13.9. The van der Waals surface area contributed by atoms with Gasteiger partial charge in [-0.1, -0.05) is 25.5 Å². The highest BCUT2D eigenvalue weighted by Crippen LogP contribution is 2.31. The molecule has 0 aliphatic carbocycles. The van der Waals surface area contributed by atoms with E-state index in [1.54, 1.807) is 24.3 Å². The van der Waals surface area contributed by atoms with Crippen LogP contribution in [0.15, 0.2) is 51.7 Å². The third-order valence-electron chi connectivity index (χ3n) is 5.27. The van der Waals surface area contributed by atoms with E-state index in [0.29, 0.717) is 29.5 Å². The number of aryl methyl sites for hydroxylation is 1. The minimum atomic E-state index is -2.51. The minimum absolute atomic E-state index is 0.0544. The zero-order chi connectivity index (χ0) is 25.0. The molecule has 3 N–H and O–H groups in total. The van der Waals surface area contributed by atoms with Crippen LogP contribution in [-0.4, -0.2) is 25.1 Å². The topological polar surface area (TPSA) is 94.6 Å². The summed E-state index contributed by atoms with van der Waals surface area (Å²) in [5, 5.41) is 3.05. The molecule has 0 fully saturated rings. The molecule has 0 radical (unpaired) electrons. The molecule has 1 amide bonds. The number of carbonyl (C=O) groups excluding carboxylic acids is 1. The SMILES string of the molecule is CCCc1c(OC(F)C(F)CF)ccc2cc(C(=O)Nc3ccc(C(C)(C)N)cc3)c(=O)oc12. The molecule has 1 heterocycles. The van der Waals surface area contributed by atoms with Gasteiger partial charge in [-0.05, 0) is 56.2 Å². The number of nitrogens with two attached hydrogens (primary N) is 1. The molecule has 9 heteroatoms. The van der Waals surface area contributed by atoms with E-state index >= 15 is 0 Å². The Morgan fingerprint density at radius 2 is 1.85 bits per heavy atom. The second kappa shape index (κ2) is 10.3. The number of nitrogens with one attached hydrogen (secondary N) is 1. The lowest BCUT2D eigenvalue weighted by Crippen LogP contribution is -2.28. The minimum Gasteiger partial charge on any atom is -0.457 e. The lowest BCUT2D eigenvalue weighted by molar-refractivity contribution is -0.0153. The van der Waals surface area contributed by atoms with Gasteiger partial charge in [-0.25, -0.2) is 13.6 Å². The van der Waals surface area contributed by atoms with Crippen molar-refractivity contribution in [1.29, 1.82) is 0 Å². The molecule has 2 atom stereocenters. The van der Waals surface area contributed by atoms with Crippen LogP contribution in [-0.2, 0) is 12.0 Å². The molecule has 2 unspecified atom stereocenters. The summed E-state index contributed by atoms with van der Waals surface area (Å²) in [6.07, 6.45) is -4.04. The number of ether oxygens (including phenoxy) is 1. The molecule has 1 aromatic heterocycles. The van der Waals surface area contributed by atoms with Crippen molar-refractivity contribution in [2.45, 2.75) is 51.7 Å². The van der Waals surface area contributed by atoms with Gasteiger partial charge in [0.2, 0.25) is 0 Å². The normalized spacial score (nSPS) is 13.5. The average Bonchev–Trinajstić information content (AvgIpc) is 2.79. The first kappa shape index (κ1) is 25.3. The third kappa shape index (κ3) is 5.59. The molecule has 0 aliphatic heterocycles. The largest absolute Gasteiger partial charge is 0.457 e. The van der Waals surface area contributed by atoms with Gasteiger partial charge < -0.3 is 20.2 Å². The molecule has 0 bridgehead atoms. The molecule has 34 heavy (non-hydrogen) atoms. The molecule has 0 aliphatic rings. The van der Waals surface area contributed by atoms with Crippen molar-refractivity contribution in [2.75, 3.05) is 12.0 Å². The van der Waals surface area contributed by atoms with Gasteiger partial charge in [0.25, 0.3) is 12.3 Å². The van der Waals surface area contributed by atoms with Crippen LogP contribution in [0.4, 0.5) is 18.9 Å². The van der Waals surface area contributed by atoms with Gasteiger partial charge in [0.15, 0.2) is 6.17 Å². The number of hydrogen-bond acceptors (Lipinski definition) is 5. The highest BCUT2D eigenvalue weighted by atomic mass is 19.2. The molecule has 182 valence electrons. The fourth-order valence-electron chi connectivity index (χ4n) is 3.43. The van der Waals surface area contributed by atoms with Crippen LogP contribution >= 0.6 is 0 Å². The predicted octanol–water partition coefficient (Wildman–Crippen LogP) is 5.17. The summed E-state index contributed by atoms with van der Waals surface area (Å²) in [4.78, 5) is 25.4. The number of benzene rings is 2. The molecule has 0 saturated carbocycles. The summed E-state index contributed by atoms with van der Waals surface area (Å²) in [6.45, 7) is 4.02. The monoisotopic (exact) mass is 476 g/mol. The van der Waals surface area contributed by atoms with Crippen molar-refractivity contribution in [3.8, 4) is 5.75 Å². The quantitative estimate of drug-likeness (QED) is 0.416. The fraction of sp³-hybridized carbons (Fsp3) is 0.360. The number of amides is 1. The lowest BCUT2D eigenvalue weighted by Gasteiger charge is -2.19. The number of halogens is 3. The van der Waals surface area contributed by atoms with E-state index in [-0.39, 0.29) is 16.9 Å². The van der Waals surface area contributed by atoms with Gasteiger partial charge >= 0.3 is 5.63 Å². The number of carbonyl (C=O) groups is 1. The molecule has 0 saturated heterocycles. The van der Waals surface area contributed by atoms with Gasteiger partial charge in [0, 0.05) is 22.2 Å². The van der Waals surface area contributed by atoms with E-state index in [1.165, 1.54) is 18.2 Å². The van der Waals surface area contributed by atoms with Crippen LogP contribution in [0.25, 0.3) is 11.0 Å². The summed E-state index contributed by atoms with van der Waals surface area (Å²) in [5.74, 6) is -0.721. The van der Waals surface area contributed by atoms with Crippen molar-refractivity contribution in [3.05, 3.63) is 69.6 Å². The molecule has 0 spiro atoms. The standard InChI is InChI=1S/C25H27F3N2O4/c1-4-5-17-20(33-22(28)19(27)13-26)11-6-14-12-18(24(32)34-21(14)17)23(31)30-16-9-7-15(8-10-16)25(2,3)29/h6-12,19,22H,4-5,13,29H2,1-3H3,(H,30,31). The van der Waals surface area contributed by atoms with E-state index in [0.717, 1.165) is 5.56 Å². The number of rotatable bonds is 9. The van der Waals surface area contributed by atoms with E-state index < -0.39 is 36.3 Å². The van der Waals surface area contributed by atoms with Crippen molar-refractivity contribution in [2.24, 2.45) is 5.73 Å². The first-order chi connectivity index (χ1) is 16.0. The molecule has 3 rings (SSSR count). The van der Waals surface area contributed by atoms with Gasteiger partial charge in [-0.3, -0.25) is 4.79 Å². The molecule has 2 aromatic carbocycles. The Kier molecular flexibility index (Phi) is 7.66. The number of alkyl halides is 3. The fourth-order valence-corrected chi connectivity index (χ4v) is 3.43. The first-order valence-corrected chi connectivity index (χ1v) is 10.9. The Morgan fingerprint density at radius 1 is 1.18 bits per heavy atom. The summed E-state index contributed by atoms with van der Waals surface area (Å²) in [7, 11) is 0. The summed E-state index contributed by atoms with van der Waals surface area (Å²) >= 11 is 0. The van der Waals surface area contributed by atoms with E-state index in [1.807, 2.05) is 20.8 Å². The summed E-state index contributed by atoms with van der Waals surface area (Å²) in [6, 6.07) is 11.1. The average molecular weight is 476 g/mol. The van der Waals surface area contributed by atoms with E-state index in [2.05, 4.69) is 5.32 Å². The Labute approximate surface area is 194 Å². The maximum Gasteiger partial charge on any atom is 0.349 e. The zero-order valence-corrected chi connectivity index (χ0v) is 19.2. The molecule has 3 aromatic rings. The molecule has 6 nitrogen and oxygen atoms in total. The van der Waals surface area contributed by atoms with Crippen LogP contribution in [0.3, 0.4) is 0 Å². The van der Waals surface area contributed by atoms with E-state index in [4.69, 9.17) is 14.9 Å². The summed E-state index contributed by atoms with van der Waals surface area (Å²) in [5.41, 5.74) is 6.16.